The van der Waals surface area contributed by atoms with Crippen LogP contribution in [0.3, 0.4) is 0 Å². The van der Waals surface area contributed by atoms with Crippen LogP contribution < -0.4 is 10.6 Å². The standard InChI is InChI=1S/C19H26N6O2/c1-3-4-9-19(24-25-19)10-11-20-17(26)14-7-5-6-8-15(14)18(27)21-16-12-13(2)22-23-16/h1,12,14-15H,4-11H2,2H3,(H,20,26)(H2,21,22,23,27)/t14-,15+/m0/s1. The number of aromatic amines is 1. The second kappa shape index (κ2) is 8.33. The van der Waals surface area contributed by atoms with Gasteiger partial charge in [-0.1, -0.05) is 12.8 Å². The fourth-order valence-electron chi connectivity index (χ4n) is 3.64. The molecule has 0 bridgehead atoms. The Kier molecular flexibility index (Phi) is 5.89. The molecule has 0 unspecified atom stereocenters. The number of amides is 2. The number of carbonyl (C=O) groups is 2. The van der Waals surface area contributed by atoms with E-state index in [0.717, 1.165) is 31.4 Å². The van der Waals surface area contributed by atoms with E-state index in [1.807, 2.05) is 6.92 Å². The predicted molar refractivity (Wildman–Crippen MR) is 101 cm³/mol. The van der Waals surface area contributed by atoms with Crippen molar-refractivity contribution in [3.63, 3.8) is 0 Å². The molecule has 144 valence electrons. The molecule has 0 aromatic carbocycles. The summed E-state index contributed by atoms with van der Waals surface area (Å²) in [6.45, 7) is 2.36. The highest BCUT2D eigenvalue weighted by Gasteiger charge is 2.40. The second-order valence-electron chi connectivity index (χ2n) is 7.35. The van der Waals surface area contributed by atoms with Crippen molar-refractivity contribution in [2.45, 2.75) is 57.5 Å². The van der Waals surface area contributed by atoms with Crippen LogP contribution in [-0.2, 0) is 9.59 Å². The maximum absolute atomic E-state index is 12.7. The molecule has 0 radical (unpaired) electrons. The minimum absolute atomic E-state index is 0.0687. The number of nitrogens with one attached hydrogen (secondary N) is 3. The first-order valence-corrected chi connectivity index (χ1v) is 9.51. The van der Waals surface area contributed by atoms with Crippen molar-refractivity contribution in [3.05, 3.63) is 11.8 Å². The third kappa shape index (κ3) is 4.94. The Labute approximate surface area is 159 Å². The lowest BCUT2D eigenvalue weighted by molar-refractivity contribution is -0.134. The Morgan fingerprint density at radius 2 is 1.96 bits per heavy atom. The molecular formula is C19H26N6O2. The molecule has 27 heavy (non-hydrogen) atoms. The van der Waals surface area contributed by atoms with Gasteiger partial charge in [0.25, 0.3) is 0 Å². The first-order chi connectivity index (χ1) is 13.0. The van der Waals surface area contributed by atoms with Crippen LogP contribution in [0.1, 0.15) is 50.6 Å². The summed E-state index contributed by atoms with van der Waals surface area (Å²) in [6.07, 6.45) is 10.6. The number of terminal acetylenes is 1. The van der Waals surface area contributed by atoms with Gasteiger partial charge in [0, 0.05) is 49.4 Å². The molecule has 8 heteroatoms. The molecule has 2 atom stereocenters. The minimum atomic E-state index is -0.402. The predicted octanol–water partition coefficient (Wildman–Crippen LogP) is 2.54. The van der Waals surface area contributed by atoms with Gasteiger partial charge in [0.05, 0.1) is 0 Å². The van der Waals surface area contributed by atoms with Gasteiger partial charge in [0.2, 0.25) is 11.8 Å². The molecule has 1 fully saturated rings. The number of hydrogen-bond donors (Lipinski definition) is 3. The molecule has 0 saturated heterocycles. The third-order valence-electron chi connectivity index (χ3n) is 5.27. The van der Waals surface area contributed by atoms with Crippen LogP contribution in [0.2, 0.25) is 0 Å². The minimum Gasteiger partial charge on any atom is -0.356 e. The van der Waals surface area contributed by atoms with Crippen LogP contribution >= 0.6 is 0 Å². The average molecular weight is 370 g/mol. The Morgan fingerprint density at radius 1 is 1.26 bits per heavy atom. The molecule has 0 spiro atoms. The zero-order chi connectivity index (χ0) is 19.3. The Hall–Kier alpha value is -2.69. The SMILES string of the molecule is C#CCCC1(CCNC(=O)[C@H]2CCCC[C@H]2C(=O)Nc2cc(C)[nH]n2)N=N1. The summed E-state index contributed by atoms with van der Waals surface area (Å²) in [5, 5.41) is 20.8. The lowest BCUT2D eigenvalue weighted by Gasteiger charge is -2.29. The molecule has 3 rings (SSSR count). The van der Waals surface area contributed by atoms with Gasteiger partial charge in [0.15, 0.2) is 11.5 Å². The van der Waals surface area contributed by atoms with Gasteiger partial charge in [-0.25, -0.2) is 0 Å². The molecule has 2 amide bonds. The summed E-state index contributed by atoms with van der Waals surface area (Å²) in [5.74, 6) is 2.24. The highest BCUT2D eigenvalue weighted by molar-refractivity contribution is 5.95. The quantitative estimate of drug-likeness (QED) is 0.611. The Balaban J connectivity index is 1.51. The molecule has 2 aliphatic rings. The number of aromatic nitrogens is 2. The first kappa shape index (κ1) is 19.1. The van der Waals surface area contributed by atoms with Gasteiger partial charge in [0.1, 0.15) is 0 Å². The monoisotopic (exact) mass is 370 g/mol. The Morgan fingerprint density at radius 3 is 2.56 bits per heavy atom. The second-order valence-corrected chi connectivity index (χ2v) is 7.35. The van der Waals surface area contributed by atoms with Crippen LogP contribution in [0.4, 0.5) is 5.82 Å². The first-order valence-electron chi connectivity index (χ1n) is 9.51. The summed E-state index contributed by atoms with van der Waals surface area (Å²) >= 11 is 0. The van der Waals surface area contributed by atoms with Crippen molar-refractivity contribution in [2.24, 2.45) is 22.1 Å². The lowest BCUT2D eigenvalue weighted by atomic mass is 9.78. The summed E-state index contributed by atoms with van der Waals surface area (Å²) in [5.41, 5.74) is 0.471. The molecule has 1 aromatic rings. The molecule has 1 aliphatic heterocycles. The number of rotatable bonds is 8. The maximum atomic E-state index is 12.7. The molecule has 1 aliphatic carbocycles. The average Bonchev–Trinajstić information content (AvgIpc) is 3.32. The molecule has 1 aromatic heterocycles. The normalized spacial score (nSPS) is 22.7. The van der Waals surface area contributed by atoms with Gasteiger partial charge < -0.3 is 10.6 Å². The zero-order valence-electron chi connectivity index (χ0n) is 15.6. The summed E-state index contributed by atoms with van der Waals surface area (Å²) in [6, 6.07) is 1.77. The van der Waals surface area contributed by atoms with Crippen LogP contribution in [0.5, 0.6) is 0 Å². The fourth-order valence-corrected chi connectivity index (χ4v) is 3.64. The number of carbonyl (C=O) groups excluding carboxylic acids is 2. The van der Waals surface area contributed by atoms with Gasteiger partial charge in [-0.2, -0.15) is 15.3 Å². The summed E-state index contributed by atoms with van der Waals surface area (Å²) in [7, 11) is 0. The van der Waals surface area contributed by atoms with E-state index in [9.17, 15) is 9.59 Å². The van der Waals surface area contributed by atoms with E-state index < -0.39 is 5.66 Å². The molecule has 2 heterocycles. The van der Waals surface area contributed by atoms with E-state index in [0.29, 0.717) is 31.6 Å². The van der Waals surface area contributed by atoms with Crippen molar-refractivity contribution in [2.75, 3.05) is 11.9 Å². The summed E-state index contributed by atoms with van der Waals surface area (Å²) < 4.78 is 0. The lowest BCUT2D eigenvalue weighted by Crippen LogP contribution is -2.42. The molecular weight excluding hydrogens is 344 g/mol. The zero-order valence-corrected chi connectivity index (χ0v) is 15.6. The van der Waals surface area contributed by atoms with Crippen LogP contribution in [0, 0.1) is 31.1 Å². The van der Waals surface area contributed by atoms with E-state index in [1.165, 1.54) is 0 Å². The van der Waals surface area contributed by atoms with Gasteiger partial charge >= 0.3 is 0 Å². The van der Waals surface area contributed by atoms with Gasteiger partial charge in [-0.05, 0) is 19.8 Å². The largest absolute Gasteiger partial charge is 0.356 e. The number of nitrogens with zero attached hydrogens (tertiary/aromatic N) is 3. The van der Waals surface area contributed by atoms with E-state index in [-0.39, 0.29) is 23.7 Å². The van der Waals surface area contributed by atoms with E-state index >= 15 is 0 Å². The smallest absolute Gasteiger partial charge is 0.229 e. The number of H-pyrrole nitrogens is 1. The van der Waals surface area contributed by atoms with Crippen molar-refractivity contribution in [1.82, 2.24) is 15.5 Å². The molecule has 3 N–H and O–H groups in total. The number of hydrogen-bond acceptors (Lipinski definition) is 5. The summed E-state index contributed by atoms with van der Waals surface area (Å²) in [4.78, 5) is 25.3. The van der Waals surface area contributed by atoms with E-state index in [4.69, 9.17) is 6.42 Å². The highest BCUT2D eigenvalue weighted by Crippen LogP contribution is 2.36. The van der Waals surface area contributed by atoms with Crippen LogP contribution in [0.25, 0.3) is 0 Å². The van der Waals surface area contributed by atoms with Crippen molar-refractivity contribution < 1.29 is 9.59 Å². The van der Waals surface area contributed by atoms with Crippen LogP contribution in [0.15, 0.2) is 16.3 Å². The number of aryl methyl sites for hydroxylation is 1. The number of anilines is 1. The van der Waals surface area contributed by atoms with E-state index in [1.54, 1.807) is 6.07 Å². The Bertz CT molecular complexity index is 756. The highest BCUT2D eigenvalue weighted by atomic mass is 16.2. The molecule has 8 nitrogen and oxygen atoms in total. The van der Waals surface area contributed by atoms with Crippen molar-refractivity contribution in [3.8, 4) is 12.3 Å². The van der Waals surface area contributed by atoms with Crippen LogP contribution in [-0.4, -0.2) is 34.2 Å². The van der Waals surface area contributed by atoms with Gasteiger partial charge in [-0.15, -0.1) is 12.3 Å². The topological polar surface area (TPSA) is 112 Å². The molecule has 1 saturated carbocycles. The maximum Gasteiger partial charge on any atom is 0.229 e. The van der Waals surface area contributed by atoms with Crippen molar-refractivity contribution in [1.29, 1.82) is 0 Å². The fraction of sp³-hybridized carbons (Fsp3) is 0.632. The van der Waals surface area contributed by atoms with Crippen molar-refractivity contribution >= 4 is 17.6 Å². The third-order valence-corrected chi connectivity index (χ3v) is 5.27. The van der Waals surface area contributed by atoms with Gasteiger partial charge in [-0.3, -0.25) is 14.7 Å². The van der Waals surface area contributed by atoms with E-state index in [2.05, 4.69) is 37.0 Å².